The fraction of sp³-hybridized carbons (Fsp3) is 0.154. The number of aliphatic hydroxyl groups is 1. The Balaban J connectivity index is 2.22. The van der Waals surface area contributed by atoms with Crippen LogP contribution in [-0.2, 0) is 16.4 Å². The zero-order valence-corrected chi connectivity index (χ0v) is 11.5. The Morgan fingerprint density at radius 2 is 1.90 bits per heavy atom. The van der Waals surface area contributed by atoms with Crippen molar-refractivity contribution in [2.75, 3.05) is 17.1 Å². The van der Waals surface area contributed by atoms with Crippen LogP contribution in [0.1, 0.15) is 5.56 Å². The molecule has 0 saturated heterocycles. The minimum Gasteiger partial charge on any atom is -0.398 e. The lowest BCUT2D eigenvalue weighted by Crippen LogP contribution is -2.15. The molecule has 2 aromatic rings. The molecule has 0 aliphatic heterocycles. The van der Waals surface area contributed by atoms with Crippen molar-refractivity contribution in [3.8, 4) is 0 Å². The molecule has 0 amide bonds. The molecule has 0 spiro atoms. The van der Waals surface area contributed by atoms with Gasteiger partial charge in [-0.05, 0) is 30.2 Å². The van der Waals surface area contributed by atoms with Crippen LogP contribution in [0.3, 0.4) is 0 Å². The number of nitrogens with two attached hydrogens (primary N) is 1. The van der Waals surface area contributed by atoms with Crippen molar-refractivity contribution in [1.82, 2.24) is 4.98 Å². The topological polar surface area (TPSA) is 105 Å². The normalized spacial score (nSPS) is 11.2. The summed E-state index contributed by atoms with van der Waals surface area (Å²) in [7, 11) is -3.76. The molecule has 1 aromatic carbocycles. The van der Waals surface area contributed by atoms with E-state index >= 15 is 0 Å². The fourth-order valence-corrected chi connectivity index (χ4v) is 2.83. The lowest BCUT2D eigenvalue weighted by molar-refractivity contribution is 0.299. The number of aliphatic hydroxyl groups excluding tert-OH is 1. The van der Waals surface area contributed by atoms with Crippen LogP contribution >= 0.6 is 0 Å². The Kier molecular flexibility index (Phi) is 4.21. The van der Waals surface area contributed by atoms with Gasteiger partial charge in [0.05, 0.1) is 5.69 Å². The van der Waals surface area contributed by atoms with Gasteiger partial charge in [0.25, 0.3) is 10.0 Å². The van der Waals surface area contributed by atoms with Gasteiger partial charge in [0.2, 0.25) is 0 Å². The van der Waals surface area contributed by atoms with Gasteiger partial charge in [0.1, 0.15) is 4.90 Å². The van der Waals surface area contributed by atoms with Crippen LogP contribution in [0.2, 0.25) is 0 Å². The maximum absolute atomic E-state index is 12.2. The maximum atomic E-state index is 12.2. The monoisotopic (exact) mass is 293 g/mol. The molecule has 4 N–H and O–H groups in total. The average Bonchev–Trinajstić information content (AvgIpc) is 2.41. The first kappa shape index (κ1) is 14.3. The number of pyridine rings is 1. The number of sulfonamides is 1. The molecule has 1 aromatic heterocycles. The van der Waals surface area contributed by atoms with Crippen molar-refractivity contribution in [2.45, 2.75) is 11.3 Å². The van der Waals surface area contributed by atoms with Crippen LogP contribution in [0.25, 0.3) is 0 Å². The van der Waals surface area contributed by atoms with Crippen molar-refractivity contribution in [1.29, 1.82) is 0 Å². The summed E-state index contributed by atoms with van der Waals surface area (Å²) >= 11 is 0. The molecule has 0 atom stereocenters. The number of hydrogen-bond donors (Lipinski definition) is 3. The number of anilines is 2. The summed E-state index contributed by atoms with van der Waals surface area (Å²) in [6.07, 6.45) is 3.17. The summed E-state index contributed by atoms with van der Waals surface area (Å²) in [4.78, 5) is 3.71. The predicted octanol–water partition coefficient (Wildman–Crippen LogP) is 0.999. The number of rotatable bonds is 5. The molecular weight excluding hydrogens is 278 g/mol. The fourth-order valence-electron chi connectivity index (χ4n) is 1.69. The third-order valence-electron chi connectivity index (χ3n) is 2.71. The van der Waals surface area contributed by atoms with Gasteiger partial charge < -0.3 is 10.8 Å². The van der Waals surface area contributed by atoms with E-state index in [1.165, 1.54) is 18.5 Å². The number of nitrogens with one attached hydrogen (secondary N) is 1. The van der Waals surface area contributed by atoms with Gasteiger partial charge in [-0.15, -0.1) is 0 Å². The zero-order chi connectivity index (χ0) is 14.6. The first-order valence-corrected chi connectivity index (χ1v) is 7.43. The van der Waals surface area contributed by atoms with E-state index in [1.807, 2.05) is 0 Å². The van der Waals surface area contributed by atoms with Gasteiger partial charge in [-0.1, -0.05) is 12.1 Å². The molecule has 106 valence electrons. The number of nitrogens with zero attached hydrogens (tertiary/aromatic N) is 1. The van der Waals surface area contributed by atoms with E-state index in [-0.39, 0.29) is 17.2 Å². The highest BCUT2D eigenvalue weighted by molar-refractivity contribution is 7.92. The van der Waals surface area contributed by atoms with Gasteiger partial charge in [-0.25, -0.2) is 8.42 Å². The number of benzene rings is 1. The van der Waals surface area contributed by atoms with Crippen molar-refractivity contribution in [3.63, 3.8) is 0 Å². The molecule has 0 bridgehead atoms. The second-order valence-electron chi connectivity index (χ2n) is 4.19. The van der Waals surface area contributed by atoms with Gasteiger partial charge in [-0.2, -0.15) is 0 Å². The lowest BCUT2D eigenvalue weighted by atomic mass is 10.1. The number of hydrogen-bond acceptors (Lipinski definition) is 5. The summed E-state index contributed by atoms with van der Waals surface area (Å²) < 4.78 is 26.8. The van der Waals surface area contributed by atoms with Crippen molar-refractivity contribution in [3.05, 3.63) is 48.3 Å². The molecule has 0 fully saturated rings. The van der Waals surface area contributed by atoms with Gasteiger partial charge in [0, 0.05) is 24.7 Å². The van der Waals surface area contributed by atoms with Crippen LogP contribution in [0.4, 0.5) is 11.4 Å². The van der Waals surface area contributed by atoms with Crippen LogP contribution in [0.5, 0.6) is 0 Å². The Morgan fingerprint density at radius 1 is 1.20 bits per heavy atom. The van der Waals surface area contributed by atoms with Crippen molar-refractivity contribution >= 4 is 21.4 Å². The Labute approximate surface area is 117 Å². The number of nitrogen functional groups attached to an aromatic ring is 1. The van der Waals surface area contributed by atoms with Crippen molar-refractivity contribution in [2.24, 2.45) is 0 Å². The van der Waals surface area contributed by atoms with E-state index in [1.54, 1.807) is 24.3 Å². The predicted molar refractivity (Wildman–Crippen MR) is 76.7 cm³/mol. The largest absolute Gasteiger partial charge is 0.398 e. The summed E-state index contributed by atoms with van der Waals surface area (Å²) in [5, 5.41) is 8.82. The third kappa shape index (κ3) is 3.25. The smallest absolute Gasteiger partial charge is 0.265 e. The lowest BCUT2D eigenvalue weighted by Gasteiger charge is -2.10. The van der Waals surface area contributed by atoms with E-state index < -0.39 is 10.0 Å². The number of aromatic nitrogens is 1. The standard InChI is InChI=1S/C13H15N3O3S/c14-12-5-7-15-9-13(12)20(18,19)16-11-3-1-10(2-4-11)6-8-17/h1-5,7,9,16-17H,6,8H2,(H2,14,15). The Hall–Kier alpha value is -2.12. The molecule has 0 aliphatic carbocycles. The van der Waals surface area contributed by atoms with Crippen LogP contribution < -0.4 is 10.5 Å². The van der Waals surface area contributed by atoms with E-state index in [0.29, 0.717) is 12.1 Å². The van der Waals surface area contributed by atoms with Crippen molar-refractivity contribution < 1.29 is 13.5 Å². The second kappa shape index (κ2) is 5.89. The molecule has 6 nitrogen and oxygen atoms in total. The van der Waals surface area contributed by atoms with E-state index in [0.717, 1.165) is 5.56 Å². The van der Waals surface area contributed by atoms with E-state index in [4.69, 9.17) is 10.8 Å². The molecule has 0 unspecified atom stereocenters. The van der Waals surface area contributed by atoms with E-state index in [9.17, 15) is 8.42 Å². The second-order valence-corrected chi connectivity index (χ2v) is 5.84. The highest BCUT2D eigenvalue weighted by atomic mass is 32.2. The summed E-state index contributed by atoms with van der Waals surface area (Å²) in [6.45, 7) is 0.0529. The molecule has 20 heavy (non-hydrogen) atoms. The molecule has 0 aliphatic rings. The third-order valence-corrected chi connectivity index (χ3v) is 4.14. The van der Waals surface area contributed by atoms with Gasteiger partial charge in [0.15, 0.2) is 0 Å². The minimum atomic E-state index is -3.76. The molecule has 7 heteroatoms. The summed E-state index contributed by atoms with van der Waals surface area (Å²) in [5.41, 5.74) is 7.13. The molecular formula is C13H15N3O3S. The van der Waals surface area contributed by atoms with Gasteiger partial charge >= 0.3 is 0 Å². The summed E-state index contributed by atoms with van der Waals surface area (Å²) in [6, 6.07) is 8.20. The maximum Gasteiger partial charge on any atom is 0.265 e. The Morgan fingerprint density at radius 3 is 2.50 bits per heavy atom. The van der Waals surface area contributed by atoms with E-state index in [2.05, 4.69) is 9.71 Å². The molecule has 1 heterocycles. The summed E-state index contributed by atoms with van der Waals surface area (Å²) in [5.74, 6) is 0. The van der Waals surface area contributed by atoms with Crippen LogP contribution in [0.15, 0.2) is 47.6 Å². The molecule has 0 saturated carbocycles. The molecule has 0 radical (unpaired) electrons. The SMILES string of the molecule is Nc1ccncc1S(=O)(=O)Nc1ccc(CCO)cc1. The first-order valence-electron chi connectivity index (χ1n) is 5.95. The van der Waals surface area contributed by atoms with Gasteiger partial charge in [-0.3, -0.25) is 9.71 Å². The minimum absolute atomic E-state index is 0.0529. The average molecular weight is 293 g/mol. The van der Waals surface area contributed by atoms with Crippen LogP contribution in [-0.4, -0.2) is 25.1 Å². The highest BCUT2D eigenvalue weighted by Crippen LogP contribution is 2.20. The first-order chi connectivity index (χ1) is 9.53. The molecule has 2 rings (SSSR count). The van der Waals surface area contributed by atoms with Crippen LogP contribution in [0, 0.1) is 0 Å². The zero-order valence-electron chi connectivity index (χ0n) is 10.7. The quantitative estimate of drug-likeness (QED) is 0.762. The Bertz CT molecular complexity index is 684. The highest BCUT2D eigenvalue weighted by Gasteiger charge is 2.17.